The fourth-order valence-corrected chi connectivity index (χ4v) is 3.20. The van der Waals surface area contributed by atoms with Crippen molar-refractivity contribution >= 4 is 16.5 Å². The molecule has 1 aromatic carbocycles. The molecule has 0 spiro atoms. The molecule has 0 aliphatic carbocycles. The van der Waals surface area contributed by atoms with E-state index in [0.29, 0.717) is 22.1 Å². The van der Waals surface area contributed by atoms with E-state index in [1.54, 1.807) is 30.0 Å². The molecule has 5 nitrogen and oxygen atoms in total. The van der Waals surface area contributed by atoms with Gasteiger partial charge in [-0.05, 0) is 30.7 Å². The number of nitrogen functional groups attached to an aromatic ring is 1. The predicted molar refractivity (Wildman–Crippen MR) is 80.1 cm³/mol. The fourth-order valence-electron chi connectivity index (χ4n) is 1.93. The Morgan fingerprint density at radius 1 is 1.40 bits per heavy atom. The number of methoxy groups -OCH3 is 1. The van der Waals surface area contributed by atoms with E-state index in [0.717, 1.165) is 17.8 Å². The Kier molecular flexibility index (Phi) is 4.44. The SMILES string of the molecule is CCc1cc(CS(=O)c2cc(OC)ccc2N)n(C)n1. The van der Waals surface area contributed by atoms with E-state index in [4.69, 9.17) is 10.5 Å². The third-order valence-corrected chi connectivity index (χ3v) is 4.54. The maximum Gasteiger partial charge on any atom is 0.120 e. The van der Waals surface area contributed by atoms with Crippen molar-refractivity contribution in [2.24, 2.45) is 7.05 Å². The molecule has 0 aliphatic heterocycles. The van der Waals surface area contributed by atoms with Crippen molar-refractivity contribution in [2.75, 3.05) is 12.8 Å². The molecule has 108 valence electrons. The first-order chi connectivity index (χ1) is 9.55. The summed E-state index contributed by atoms with van der Waals surface area (Å²) in [6.07, 6.45) is 0.863. The van der Waals surface area contributed by atoms with Crippen molar-refractivity contribution in [1.82, 2.24) is 9.78 Å². The molecule has 1 aromatic heterocycles. The summed E-state index contributed by atoms with van der Waals surface area (Å²) in [6.45, 7) is 2.04. The molecule has 2 aromatic rings. The molecule has 0 aliphatic rings. The zero-order valence-electron chi connectivity index (χ0n) is 11.9. The van der Waals surface area contributed by atoms with Crippen LogP contribution in [0.25, 0.3) is 0 Å². The summed E-state index contributed by atoms with van der Waals surface area (Å²) >= 11 is 0. The van der Waals surface area contributed by atoms with Crippen LogP contribution in [0.4, 0.5) is 5.69 Å². The van der Waals surface area contributed by atoms with E-state index >= 15 is 0 Å². The van der Waals surface area contributed by atoms with Gasteiger partial charge in [0.1, 0.15) is 5.75 Å². The lowest BCUT2D eigenvalue weighted by Crippen LogP contribution is -2.05. The third kappa shape index (κ3) is 3.01. The molecule has 2 rings (SSSR count). The summed E-state index contributed by atoms with van der Waals surface area (Å²) < 4.78 is 19.4. The molecule has 6 heteroatoms. The second-order valence-corrected chi connectivity index (χ2v) is 5.92. The molecule has 20 heavy (non-hydrogen) atoms. The van der Waals surface area contributed by atoms with Gasteiger partial charge >= 0.3 is 0 Å². The molecule has 1 unspecified atom stereocenters. The second kappa shape index (κ2) is 6.09. The first-order valence-electron chi connectivity index (χ1n) is 6.38. The number of aromatic nitrogens is 2. The Hall–Kier alpha value is -1.82. The highest BCUT2D eigenvalue weighted by atomic mass is 32.2. The topological polar surface area (TPSA) is 70.1 Å². The molecule has 1 atom stereocenters. The number of hydrogen-bond donors (Lipinski definition) is 1. The van der Waals surface area contributed by atoms with Crippen LogP contribution in [-0.2, 0) is 30.0 Å². The van der Waals surface area contributed by atoms with Gasteiger partial charge in [0.15, 0.2) is 0 Å². The summed E-state index contributed by atoms with van der Waals surface area (Å²) in [5, 5.41) is 4.36. The Morgan fingerprint density at radius 2 is 2.15 bits per heavy atom. The second-order valence-electron chi connectivity index (χ2n) is 4.50. The van der Waals surface area contributed by atoms with E-state index in [2.05, 4.69) is 5.10 Å². The van der Waals surface area contributed by atoms with Gasteiger partial charge in [0.25, 0.3) is 0 Å². The van der Waals surface area contributed by atoms with Crippen LogP contribution in [0.1, 0.15) is 18.3 Å². The van der Waals surface area contributed by atoms with E-state index < -0.39 is 10.8 Å². The van der Waals surface area contributed by atoms with Crippen LogP contribution in [0.2, 0.25) is 0 Å². The first-order valence-corrected chi connectivity index (χ1v) is 7.70. The highest BCUT2D eigenvalue weighted by molar-refractivity contribution is 7.84. The van der Waals surface area contributed by atoms with Crippen LogP contribution in [0.3, 0.4) is 0 Å². The van der Waals surface area contributed by atoms with Crippen LogP contribution in [0.15, 0.2) is 29.2 Å². The minimum absolute atomic E-state index is 0.390. The molecule has 0 amide bonds. The highest BCUT2D eigenvalue weighted by Gasteiger charge is 2.13. The Bertz CT molecular complexity index is 637. The summed E-state index contributed by atoms with van der Waals surface area (Å²) in [7, 11) is 2.22. The van der Waals surface area contributed by atoms with Gasteiger partial charge in [0, 0.05) is 12.7 Å². The van der Waals surface area contributed by atoms with E-state index in [-0.39, 0.29) is 0 Å². The third-order valence-electron chi connectivity index (χ3n) is 3.13. The van der Waals surface area contributed by atoms with Gasteiger partial charge in [-0.3, -0.25) is 8.89 Å². The zero-order chi connectivity index (χ0) is 14.7. The van der Waals surface area contributed by atoms with Crippen LogP contribution < -0.4 is 10.5 Å². The summed E-state index contributed by atoms with van der Waals surface area (Å²) in [4.78, 5) is 0.601. The molecular formula is C14H19N3O2S. The average molecular weight is 293 g/mol. The molecule has 2 N–H and O–H groups in total. The zero-order valence-corrected chi connectivity index (χ0v) is 12.7. The quantitative estimate of drug-likeness (QED) is 0.855. The van der Waals surface area contributed by atoms with E-state index in [1.165, 1.54) is 0 Å². The van der Waals surface area contributed by atoms with Gasteiger partial charge < -0.3 is 10.5 Å². The van der Waals surface area contributed by atoms with Crippen LogP contribution >= 0.6 is 0 Å². The Labute approximate surface area is 121 Å². The molecule has 0 radical (unpaired) electrons. The predicted octanol–water partition coefficient (Wildman–Crippen LogP) is 1.88. The van der Waals surface area contributed by atoms with Crippen molar-refractivity contribution in [1.29, 1.82) is 0 Å². The normalized spacial score (nSPS) is 12.3. The summed E-state index contributed by atoms with van der Waals surface area (Å²) in [5.74, 6) is 1.04. The smallest absolute Gasteiger partial charge is 0.120 e. The van der Waals surface area contributed by atoms with Crippen molar-refractivity contribution in [3.05, 3.63) is 35.7 Å². The fraction of sp³-hybridized carbons (Fsp3) is 0.357. The molecule has 1 heterocycles. The highest BCUT2D eigenvalue weighted by Crippen LogP contribution is 2.24. The van der Waals surface area contributed by atoms with Gasteiger partial charge in [-0.25, -0.2) is 0 Å². The van der Waals surface area contributed by atoms with Crippen LogP contribution in [0, 0.1) is 0 Å². The molecule has 0 saturated carbocycles. The molecule has 0 bridgehead atoms. The first kappa shape index (κ1) is 14.6. The largest absolute Gasteiger partial charge is 0.497 e. The Morgan fingerprint density at radius 3 is 2.75 bits per heavy atom. The van der Waals surface area contributed by atoms with E-state index in [1.807, 2.05) is 20.0 Å². The van der Waals surface area contributed by atoms with Gasteiger partial charge in [0.2, 0.25) is 0 Å². The number of benzene rings is 1. The number of anilines is 1. The standard InChI is InChI=1S/C14H19N3O2S/c1-4-10-7-11(17(2)16-10)9-20(18)14-8-12(19-3)5-6-13(14)15/h5-8H,4,9,15H2,1-3H3. The maximum absolute atomic E-state index is 12.5. The van der Waals surface area contributed by atoms with Gasteiger partial charge in [0.05, 0.1) is 39.9 Å². The number of aryl methyl sites for hydroxylation is 2. The van der Waals surface area contributed by atoms with Crippen LogP contribution in [-0.4, -0.2) is 21.1 Å². The number of nitrogens with zero attached hydrogens (tertiary/aromatic N) is 2. The van der Waals surface area contributed by atoms with Crippen molar-refractivity contribution in [3.8, 4) is 5.75 Å². The van der Waals surface area contributed by atoms with Gasteiger partial charge in [-0.1, -0.05) is 6.92 Å². The molecular weight excluding hydrogens is 274 g/mol. The van der Waals surface area contributed by atoms with Gasteiger partial charge in [-0.15, -0.1) is 0 Å². The number of nitrogens with two attached hydrogens (primary N) is 1. The average Bonchev–Trinajstić information content (AvgIpc) is 2.80. The summed E-state index contributed by atoms with van der Waals surface area (Å²) in [6, 6.07) is 7.18. The lowest BCUT2D eigenvalue weighted by Gasteiger charge is -2.08. The molecule has 0 fully saturated rings. The lowest BCUT2D eigenvalue weighted by molar-refractivity contribution is 0.413. The minimum Gasteiger partial charge on any atom is -0.497 e. The number of rotatable bonds is 5. The molecule has 0 saturated heterocycles. The number of ether oxygens (including phenoxy) is 1. The lowest BCUT2D eigenvalue weighted by atomic mass is 10.3. The van der Waals surface area contributed by atoms with Crippen molar-refractivity contribution < 1.29 is 8.95 Å². The number of hydrogen-bond acceptors (Lipinski definition) is 4. The Balaban J connectivity index is 2.25. The minimum atomic E-state index is -1.22. The van der Waals surface area contributed by atoms with Crippen molar-refractivity contribution in [3.63, 3.8) is 0 Å². The van der Waals surface area contributed by atoms with Gasteiger partial charge in [-0.2, -0.15) is 5.10 Å². The van der Waals surface area contributed by atoms with Crippen molar-refractivity contribution in [2.45, 2.75) is 24.0 Å². The van der Waals surface area contributed by atoms with E-state index in [9.17, 15) is 4.21 Å². The maximum atomic E-state index is 12.5. The summed E-state index contributed by atoms with van der Waals surface area (Å²) in [5.41, 5.74) is 8.34. The monoisotopic (exact) mass is 293 g/mol. The van der Waals surface area contributed by atoms with Crippen LogP contribution in [0.5, 0.6) is 5.75 Å².